The number of aryl methyl sites for hydroxylation is 1. The van der Waals surface area contributed by atoms with E-state index in [0.29, 0.717) is 11.2 Å². The Morgan fingerprint density at radius 2 is 2.45 bits per heavy atom. The molecule has 1 heterocycles. The van der Waals surface area contributed by atoms with Gasteiger partial charge >= 0.3 is 0 Å². The summed E-state index contributed by atoms with van der Waals surface area (Å²) in [5.41, 5.74) is 0.741. The minimum absolute atomic E-state index is 0.0967. The molecular weight excluding hydrogens is 272 g/mol. The highest BCUT2D eigenvalue weighted by atomic mass is 32.2. The second kappa shape index (κ2) is 7.46. The van der Waals surface area contributed by atoms with Crippen LogP contribution >= 0.6 is 11.8 Å². The standard InChI is InChI=1S/C14H20N4OS/c1-2-3-11-8-13(19)18-14(17-11)20-7-6-12(9-15)16-10-4-5-10/h8,10,12,16H,2-7H2,1H3,(H,17,18,19). The van der Waals surface area contributed by atoms with E-state index in [4.69, 9.17) is 5.26 Å². The number of hydrogen-bond acceptors (Lipinski definition) is 5. The molecule has 1 unspecified atom stereocenters. The fourth-order valence-corrected chi connectivity index (χ4v) is 2.83. The van der Waals surface area contributed by atoms with Crippen molar-refractivity contribution < 1.29 is 0 Å². The van der Waals surface area contributed by atoms with E-state index in [1.807, 2.05) is 0 Å². The summed E-state index contributed by atoms with van der Waals surface area (Å²) in [6, 6.07) is 4.28. The molecule has 0 aromatic carbocycles. The Bertz CT molecular complexity index is 533. The lowest BCUT2D eigenvalue weighted by atomic mass is 10.2. The number of nitrogens with zero attached hydrogens (tertiary/aromatic N) is 2. The quantitative estimate of drug-likeness (QED) is 0.564. The lowest BCUT2D eigenvalue weighted by molar-refractivity contribution is 0.587. The van der Waals surface area contributed by atoms with Gasteiger partial charge in [0.2, 0.25) is 0 Å². The molecule has 1 aliphatic carbocycles. The largest absolute Gasteiger partial charge is 0.301 e. The van der Waals surface area contributed by atoms with Crippen LogP contribution in [0.15, 0.2) is 16.0 Å². The van der Waals surface area contributed by atoms with Gasteiger partial charge in [0.25, 0.3) is 5.56 Å². The van der Waals surface area contributed by atoms with Gasteiger partial charge in [-0.1, -0.05) is 25.1 Å². The van der Waals surface area contributed by atoms with Gasteiger partial charge in [-0.15, -0.1) is 0 Å². The van der Waals surface area contributed by atoms with E-state index in [1.54, 1.807) is 6.07 Å². The van der Waals surface area contributed by atoms with Crippen LogP contribution in [0, 0.1) is 11.3 Å². The number of nitriles is 1. The predicted octanol–water partition coefficient (Wildman–Crippen LogP) is 1.85. The second-order valence-corrected chi connectivity index (χ2v) is 6.14. The van der Waals surface area contributed by atoms with Gasteiger partial charge < -0.3 is 4.98 Å². The van der Waals surface area contributed by atoms with Crippen molar-refractivity contribution in [2.45, 2.75) is 56.3 Å². The van der Waals surface area contributed by atoms with E-state index in [-0.39, 0.29) is 11.6 Å². The average Bonchev–Trinajstić information content (AvgIpc) is 3.21. The summed E-state index contributed by atoms with van der Waals surface area (Å²) in [5.74, 6) is 0.774. The number of aromatic amines is 1. The van der Waals surface area contributed by atoms with Crippen molar-refractivity contribution >= 4 is 11.8 Å². The SMILES string of the molecule is CCCc1cc(=O)[nH]c(SCCC(C#N)NC2CC2)n1. The Morgan fingerprint density at radius 3 is 3.10 bits per heavy atom. The van der Waals surface area contributed by atoms with Crippen LogP contribution in [0.1, 0.15) is 38.3 Å². The number of hydrogen-bond donors (Lipinski definition) is 2. The maximum absolute atomic E-state index is 11.5. The summed E-state index contributed by atoms with van der Waals surface area (Å²) in [6.07, 6.45) is 4.92. The fraction of sp³-hybridized carbons (Fsp3) is 0.643. The van der Waals surface area contributed by atoms with Crippen molar-refractivity contribution in [3.05, 3.63) is 22.1 Å². The van der Waals surface area contributed by atoms with Crippen LogP contribution < -0.4 is 10.9 Å². The molecule has 0 bridgehead atoms. The molecule has 1 atom stereocenters. The summed E-state index contributed by atoms with van der Waals surface area (Å²) in [5, 5.41) is 13.0. The van der Waals surface area contributed by atoms with Crippen molar-refractivity contribution in [1.29, 1.82) is 5.26 Å². The van der Waals surface area contributed by atoms with E-state index in [9.17, 15) is 4.79 Å². The summed E-state index contributed by atoms with van der Waals surface area (Å²) >= 11 is 1.51. The number of thioether (sulfide) groups is 1. The van der Waals surface area contributed by atoms with Crippen molar-refractivity contribution in [3.63, 3.8) is 0 Å². The third-order valence-corrected chi connectivity index (χ3v) is 4.00. The molecule has 1 aliphatic rings. The fourth-order valence-electron chi connectivity index (χ4n) is 1.93. The van der Waals surface area contributed by atoms with E-state index in [0.717, 1.165) is 30.7 Å². The lowest BCUT2D eigenvalue weighted by Gasteiger charge is -2.09. The van der Waals surface area contributed by atoms with Crippen LogP contribution in [-0.4, -0.2) is 27.8 Å². The zero-order valence-electron chi connectivity index (χ0n) is 11.7. The Hall–Kier alpha value is -1.32. The van der Waals surface area contributed by atoms with E-state index >= 15 is 0 Å². The summed E-state index contributed by atoms with van der Waals surface area (Å²) in [6.45, 7) is 2.07. The highest BCUT2D eigenvalue weighted by Gasteiger charge is 2.24. The number of aromatic nitrogens is 2. The number of H-pyrrole nitrogens is 1. The van der Waals surface area contributed by atoms with Gasteiger partial charge in [-0.25, -0.2) is 4.98 Å². The maximum Gasteiger partial charge on any atom is 0.251 e. The molecular formula is C14H20N4OS. The lowest BCUT2D eigenvalue weighted by Crippen LogP contribution is -2.30. The van der Waals surface area contributed by atoms with Gasteiger partial charge in [0, 0.05) is 23.6 Å². The Kier molecular flexibility index (Phi) is 5.62. The molecule has 6 heteroatoms. The molecule has 5 nitrogen and oxygen atoms in total. The second-order valence-electron chi connectivity index (χ2n) is 5.05. The van der Waals surface area contributed by atoms with Crippen LogP contribution in [-0.2, 0) is 6.42 Å². The molecule has 1 fully saturated rings. The molecule has 1 aromatic rings. The first-order valence-electron chi connectivity index (χ1n) is 7.10. The molecule has 0 spiro atoms. The van der Waals surface area contributed by atoms with Gasteiger partial charge in [-0.2, -0.15) is 5.26 Å². The third-order valence-electron chi connectivity index (χ3n) is 3.09. The molecule has 0 amide bonds. The summed E-state index contributed by atoms with van der Waals surface area (Å²) in [4.78, 5) is 18.7. The topological polar surface area (TPSA) is 81.6 Å². The van der Waals surface area contributed by atoms with Crippen molar-refractivity contribution in [1.82, 2.24) is 15.3 Å². The highest BCUT2D eigenvalue weighted by molar-refractivity contribution is 7.99. The molecule has 108 valence electrons. The van der Waals surface area contributed by atoms with Crippen LogP contribution in [0.5, 0.6) is 0 Å². The van der Waals surface area contributed by atoms with Crippen LogP contribution in [0.2, 0.25) is 0 Å². The monoisotopic (exact) mass is 292 g/mol. The van der Waals surface area contributed by atoms with E-state index in [1.165, 1.54) is 24.6 Å². The maximum atomic E-state index is 11.5. The zero-order valence-corrected chi connectivity index (χ0v) is 12.5. The average molecular weight is 292 g/mol. The number of rotatable bonds is 8. The Labute approximate surface area is 123 Å². The van der Waals surface area contributed by atoms with Gasteiger partial charge in [-0.3, -0.25) is 10.1 Å². The first kappa shape index (κ1) is 15.1. The highest BCUT2D eigenvalue weighted by Crippen LogP contribution is 2.21. The first-order chi connectivity index (χ1) is 9.71. The van der Waals surface area contributed by atoms with Gasteiger partial charge in [0.1, 0.15) is 0 Å². The predicted molar refractivity (Wildman–Crippen MR) is 79.8 cm³/mol. The molecule has 20 heavy (non-hydrogen) atoms. The Morgan fingerprint density at radius 1 is 1.65 bits per heavy atom. The molecule has 2 rings (SSSR count). The first-order valence-corrected chi connectivity index (χ1v) is 8.08. The minimum Gasteiger partial charge on any atom is -0.301 e. The smallest absolute Gasteiger partial charge is 0.251 e. The normalized spacial score (nSPS) is 15.8. The van der Waals surface area contributed by atoms with Crippen LogP contribution in [0.3, 0.4) is 0 Å². The van der Waals surface area contributed by atoms with Crippen molar-refractivity contribution in [2.24, 2.45) is 0 Å². The van der Waals surface area contributed by atoms with Gasteiger partial charge in [-0.05, 0) is 25.7 Å². The summed E-state index contributed by atoms with van der Waals surface area (Å²) < 4.78 is 0. The number of nitrogens with one attached hydrogen (secondary N) is 2. The third kappa shape index (κ3) is 4.99. The molecule has 1 saturated carbocycles. The van der Waals surface area contributed by atoms with Crippen molar-refractivity contribution in [3.8, 4) is 6.07 Å². The van der Waals surface area contributed by atoms with E-state index < -0.39 is 0 Å². The molecule has 0 aliphatic heterocycles. The zero-order chi connectivity index (χ0) is 14.4. The van der Waals surface area contributed by atoms with Gasteiger partial charge in [0.05, 0.1) is 12.1 Å². The Balaban J connectivity index is 1.83. The molecule has 0 saturated heterocycles. The summed E-state index contributed by atoms with van der Waals surface area (Å²) in [7, 11) is 0. The molecule has 1 aromatic heterocycles. The molecule has 0 radical (unpaired) electrons. The molecule has 2 N–H and O–H groups in total. The minimum atomic E-state index is -0.0983. The van der Waals surface area contributed by atoms with Gasteiger partial charge in [0.15, 0.2) is 5.16 Å². The van der Waals surface area contributed by atoms with Crippen LogP contribution in [0.25, 0.3) is 0 Å². The van der Waals surface area contributed by atoms with E-state index in [2.05, 4.69) is 28.3 Å². The van der Waals surface area contributed by atoms with Crippen LogP contribution in [0.4, 0.5) is 0 Å². The van der Waals surface area contributed by atoms with Crippen molar-refractivity contribution in [2.75, 3.05) is 5.75 Å².